The molecule has 0 spiro atoms. The maximum absolute atomic E-state index is 12.9. The first-order valence-corrected chi connectivity index (χ1v) is 9.98. The Hall–Kier alpha value is -3.16. The molecule has 152 valence electrons. The van der Waals surface area contributed by atoms with Crippen molar-refractivity contribution >= 4 is 28.2 Å². The topological polar surface area (TPSA) is 88.7 Å². The van der Waals surface area contributed by atoms with Gasteiger partial charge < -0.3 is 10.2 Å². The summed E-state index contributed by atoms with van der Waals surface area (Å²) in [5.74, 6) is 0.576. The van der Waals surface area contributed by atoms with Gasteiger partial charge in [0.25, 0.3) is 5.56 Å². The van der Waals surface area contributed by atoms with Crippen LogP contribution >= 0.6 is 0 Å². The first-order chi connectivity index (χ1) is 13.9. The molecule has 1 aliphatic heterocycles. The summed E-state index contributed by atoms with van der Waals surface area (Å²) in [6, 6.07) is 7.86. The van der Waals surface area contributed by atoms with Crippen LogP contribution in [-0.2, 0) is 16.1 Å². The molecule has 0 bridgehead atoms. The molecule has 4 rings (SSSR count). The number of carbonyl (C=O) groups excluding carboxylic acids is 2. The smallest absolute Gasteiger partial charge is 0.291 e. The summed E-state index contributed by atoms with van der Waals surface area (Å²) in [6.07, 6.45) is 2.23. The lowest BCUT2D eigenvalue weighted by atomic mass is 10.2. The number of likely N-dealkylation sites (tertiary alicyclic amines) is 1. The molecule has 29 heavy (non-hydrogen) atoms. The molecule has 0 atom stereocenters. The maximum Gasteiger partial charge on any atom is 0.291 e. The number of hydrogen-bond donors (Lipinski definition) is 1. The third-order valence-corrected chi connectivity index (χ3v) is 5.39. The number of fused-ring (bicyclic) bond motifs is 3. The normalized spacial score (nSPS) is 14.3. The molecule has 0 unspecified atom stereocenters. The number of hydrogen-bond acceptors (Lipinski definition) is 4. The lowest BCUT2D eigenvalue weighted by Crippen LogP contribution is -2.36. The highest BCUT2D eigenvalue weighted by Gasteiger charge is 2.19. The molecule has 1 saturated heterocycles. The third kappa shape index (κ3) is 3.74. The van der Waals surface area contributed by atoms with E-state index in [1.54, 1.807) is 0 Å². The standard InChI is InChI=1S/C21H25N5O3/c1-14-6-7-17-16(11-14)12-18-21(29)25(23-15(2)26(17)18)13-19(27)22-8-4-10-24-9-3-5-20(24)28/h6-7,11-12H,3-5,8-10,13H2,1-2H3,(H,22,27). The maximum atomic E-state index is 12.9. The summed E-state index contributed by atoms with van der Waals surface area (Å²) in [5.41, 5.74) is 2.27. The van der Waals surface area contributed by atoms with Gasteiger partial charge in [0.05, 0.1) is 5.52 Å². The number of rotatable bonds is 6. The van der Waals surface area contributed by atoms with Crippen LogP contribution in [0.25, 0.3) is 16.4 Å². The average Bonchev–Trinajstić information content (AvgIpc) is 3.26. The van der Waals surface area contributed by atoms with E-state index in [9.17, 15) is 14.4 Å². The van der Waals surface area contributed by atoms with E-state index < -0.39 is 0 Å². The molecule has 2 aromatic heterocycles. The van der Waals surface area contributed by atoms with Gasteiger partial charge in [0.1, 0.15) is 17.9 Å². The van der Waals surface area contributed by atoms with Crippen molar-refractivity contribution in [1.82, 2.24) is 24.4 Å². The summed E-state index contributed by atoms with van der Waals surface area (Å²) in [6.45, 7) is 5.63. The van der Waals surface area contributed by atoms with E-state index in [-0.39, 0.29) is 23.9 Å². The van der Waals surface area contributed by atoms with Crippen molar-refractivity contribution in [2.75, 3.05) is 19.6 Å². The van der Waals surface area contributed by atoms with E-state index in [0.29, 0.717) is 37.3 Å². The molecule has 3 aromatic rings. The number of nitrogens with one attached hydrogen (secondary N) is 1. The molecule has 2 amide bonds. The summed E-state index contributed by atoms with van der Waals surface area (Å²) in [4.78, 5) is 38.6. The Balaban J connectivity index is 1.45. The Morgan fingerprint density at radius 2 is 2.00 bits per heavy atom. The van der Waals surface area contributed by atoms with Gasteiger partial charge in [-0.05, 0) is 44.9 Å². The van der Waals surface area contributed by atoms with Crippen LogP contribution in [0.4, 0.5) is 0 Å². The molecule has 0 aliphatic carbocycles. The van der Waals surface area contributed by atoms with Gasteiger partial charge in [-0.25, -0.2) is 4.68 Å². The quantitative estimate of drug-likeness (QED) is 0.639. The Bertz CT molecular complexity index is 1160. The molecule has 1 fully saturated rings. The molecule has 3 heterocycles. The predicted octanol–water partition coefficient (Wildman–Crippen LogP) is 1.39. The van der Waals surface area contributed by atoms with Crippen molar-refractivity contribution < 1.29 is 9.59 Å². The first kappa shape index (κ1) is 19.2. The molecule has 1 aromatic carbocycles. The van der Waals surface area contributed by atoms with Crippen LogP contribution in [-0.4, -0.2) is 50.5 Å². The van der Waals surface area contributed by atoms with Crippen LogP contribution in [0.3, 0.4) is 0 Å². The van der Waals surface area contributed by atoms with Crippen molar-refractivity contribution in [1.29, 1.82) is 0 Å². The monoisotopic (exact) mass is 395 g/mol. The second kappa shape index (κ2) is 7.69. The van der Waals surface area contributed by atoms with Gasteiger partial charge in [-0.3, -0.25) is 18.8 Å². The van der Waals surface area contributed by atoms with Crippen molar-refractivity contribution in [3.05, 3.63) is 46.0 Å². The van der Waals surface area contributed by atoms with Gasteiger partial charge in [-0.1, -0.05) is 11.6 Å². The van der Waals surface area contributed by atoms with E-state index in [0.717, 1.165) is 29.4 Å². The number of aryl methyl sites for hydroxylation is 2. The number of nitrogens with zero attached hydrogens (tertiary/aromatic N) is 4. The van der Waals surface area contributed by atoms with Gasteiger partial charge in [0.15, 0.2) is 0 Å². The van der Waals surface area contributed by atoms with Crippen molar-refractivity contribution in [3.8, 4) is 0 Å². The summed E-state index contributed by atoms with van der Waals surface area (Å²) in [5, 5.41) is 8.13. The Kier molecular flexibility index (Phi) is 5.08. The van der Waals surface area contributed by atoms with Crippen molar-refractivity contribution in [3.63, 3.8) is 0 Å². The lowest BCUT2D eigenvalue weighted by Gasteiger charge is -2.15. The van der Waals surface area contributed by atoms with Gasteiger partial charge in [-0.2, -0.15) is 5.10 Å². The molecule has 0 radical (unpaired) electrons. The predicted molar refractivity (Wildman–Crippen MR) is 110 cm³/mol. The van der Waals surface area contributed by atoms with Crippen molar-refractivity contribution in [2.24, 2.45) is 0 Å². The van der Waals surface area contributed by atoms with Crippen LogP contribution in [0.5, 0.6) is 0 Å². The minimum Gasteiger partial charge on any atom is -0.354 e. The van der Waals surface area contributed by atoms with Gasteiger partial charge in [0, 0.05) is 31.4 Å². The summed E-state index contributed by atoms with van der Waals surface area (Å²) < 4.78 is 3.05. The highest BCUT2D eigenvalue weighted by Crippen LogP contribution is 2.20. The summed E-state index contributed by atoms with van der Waals surface area (Å²) >= 11 is 0. The van der Waals surface area contributed by atoms with E-state index in [2.05, 4.69) is 10.4 Å². The SMILES string of the molecule is Cc1ccc2c(c1)cc1c(=O)n(CC(=O)NCCCN3CCCC3=O)nc(C)n12. The zero-order chi connectivity index (χ0) is 20.5. The van der Waals surface area contributed by atoms with Crippen LogP contribution in [0.15, 0.2) is 29.1 Å². The van der Waals surface area contributed by atoms with E-state index in [1.807, 2.05) is 47.4 Å². The van der Waals surface area contributed by atoms with Gasteiger partial charge in [0.2, 0.25) is 11.8 Å². The number of benzene rings is 1. The third-order valence-electron chi connectivity index (χ3n) is 5.39. The number of carbonyl (C=O) groups is 2. The molecular weight excluding hydrogens is 370 g/mol. The molecule has 8 heteroatoms. The lowest BCUT2D eigenvalue weighted by molar-refractivity contribution is -0.127. The number of amides is 2. The fourth-order valence-corrected chi connectivity index (χ4v) is 3.98. The zero-order valence-electron chi connectivity index (χ0n) is 16.8. The van der Waals surface area contributed by atoms with Crippen LogP contribution in [0.2, 0.25) is 0 Å². The summed E-state index contributed by atoms with van der Waals surface area (Å²) in [7, 11) is 0. The molecule has 1 aliphatic rings. The second-order valence-electron chi connectivity index (χ2n) is 7.63. The van der Waals surface area contributed by atoms with E-state index in [1.165, 1.54) is 4.68 Å². The Morgan fingerprint density at radius 1 is 1.17 bits per heavy atom. The van der Waals surface area contributed by atoms with Crippen molar-refractivity contribution in [2.45, 2.75) is 39.7 Å². The van der Waals surface area contributed by atoms with E-state index in [4.69, 9.17) is 0 Å². The number of aromatic nitrogens is 3. The van der Waals surface area contributed by atoms with E-state index >= 15 is 0 Å². The average molecular weight is 395 g/mol. The highest BCUT2D eigenvalue weighted by atomic mass is 16.2. The van der Waals surface area contributed by atoms with Gasteiger partial charge >= 0.3 is 0 Å². The second-order valence-corrected chi connectivity index (χ2v) is 7.63. The van der Waals surface area contributed by atoms with Crippen LogP contribution in [0.1, 0.15) is 30.7 Å². The van der Waals surface area contributed by atoms with Crippen LogP contribution < -0.4 is 10.9 Å². The molecule has 0 saturated carbocycles. The fourth-order valence-electron chi connectivity index (χ4n) is 3.98. The fraction of sp³-hybridized carbons (Fsp3) is 0.429. The Morgan fingerprint density at radius 3 is 2.76 bits per heavy atom. The molecule has 1 N–H and O–H groups in total. The molecule has 8 nitrogen and oxygen atoms in total. The van der Waals surface area contributed by atoms with Gasteiger partial charge in [-0.15, -0.1) is 0 Å². The highest BCUT2D eigenvalue weighted by molar-refractivity contribution is 5.87. The minimum atomic E-state index is -0.290. The Labute approximate surface area is 168 Å². The zero-order valence-corrected chi connectivity index (χ0v) is 16.8. The first-order valence-electron chi connectivity index (χ1n) is 9.98. The minimum absolute atomic E-state index is 0.126. The van der Waals surface area contributed by atoms with Crippen LogP contribution in [0, 0.1) is 13.8 Å². The molecular formula is C21H25N5O3. The largest absolute Gasteiger partial charge is 0.354 e.